The number of nitrogens with zero attached hydrogens (tertiary/aromatic N) is 2. The van der Waals surface area contributed by atoms with Gasteiger partial charge in [0.25, 0.3) is 5.91 Å². The van der Waals surface area contributed by atoms with E-state index in [2.05, 4.69) is 10.3 Å². The molecule has 1 fully saturated rings. The van der Waals surface area contributed by atoms with Crippen molar-refractivity contribution in [1.82, 2.24) is 4.98 Å². The molecule has 2 atom stereocenters. The van der Waals surface area contributed by atoms with Gasteiger partial charge in [0.05, 0.1) is 11.5 Å². The molecule has 0 spiro atoms. The molecule has 1 amide bonds. The van der Waals surface area contributed by atoms with Crippen molar-refractivity contribution in [3.8, 4) is 6.07 Å². The number of rotatable bonds is 4. The summed E-state index contributed by atoms with van der Waals surface area (Å²) in [4.78, 5) is 16.6. The number of nitrogens with one attached hydrogen (secondary N) is 2. The second kappa shape index (κ2) is 7.20. The molecule has 1 aliphatic carbocycles. The van der Waals surface area contributed by atoms with Crippen LogP contribution in [0.5, 0.6) is 0 Å². The Kier molecular flexibility index (Phi) is 5.05. The van der Waals surface area contributed by atoms with Crippen molar-refractivity contribution in [2.24, 2.45) is 11.8 Å². The predicted octanol–water partition coefficient (Wildman–Crippen LogP) is 3.97. The van der Waals surface area contributed by atoms with Crippen LogP contribution in [0.3, 0.4) is 0 Å². The minimum absolute atomic E-state index is 0.133. The highest BCUT2D eigenvalue weighted by atomic mass is 19.4. The normalized spacial score (nSPS) is 18.1. The van der Waals surface area contributed by atoms with Gasteiger partial charge in [-0.25, -0.2) is 4.98 Å². The quantitative estimate of drug-likeness (QED) is 0.531. The summed E-state index contributed by atoms with van der Waals surface area (Å²) in [6.45, 7) is 3.38. The highest BCUT2D eigenvalue weighted by molar-refractivity contribution is 6.08. The van der Waals surface area contributed by atoms with Crippen molar-refractivity contribution in [2.75, 3.05) is 11.1 Å². The van der Waals surface area contributed by atoms with Crippen molar-refractivity contribution in [1.29, 1.82) is 10.7 Å². The fourth-order valence-electron chi connectivity index (χ4n) is 3.18. The van der Waals surface area contributed by atoms with Crippen LogP contribution in [-0.2, 0) is 0 Å². The largest absolute Gasteiger partial charge is 0.398 e. The van der Waals surface area contributed by atoms with Gasteiger partial charge in [0.1, 0.15) is 11.8 Å². The van der Waals surface area contributed by atoms with E-state index in [0.29, 0.717) is 16.7 Å². The van der Waals surface area contributed by atoms with Crippen LogP contribution < -0.4 is 11.1 Å². The number of hydrogen-bond acceptors (Lipinski definition) is 5. The van der Waals surface area contributed by atoms with Crippen LogP contribution in [-0.4, -0.2) is 22.8 Å². The number of nitrogens with two attached hydrogens (primary N) is 1. The van der Waals surface area contributed by atoms with Crippen molar-refractivity contribution in [3.63, 3.8) is 0 Å². The van der Waals surface area contributed by atoms with Gasteiger partial charge in [0.15, 0.2) is 0 Å². The number of hydrogen-bond donors (Lipinski definition) is 3. The van der Waals surface area contributed by atoms with Gasteiger partial charge in [-0.2, -0.15) is 18.4 Å². The Morgan fingerprint density at radius 2 is 2.03 bits per heavy atom. The molecule has 2 unspecified atom stereocenters. The summed E-state index contributed by atoms with van der Waals surface area (Å²) >= 11 is 0. The number of benzene rings is 1. The van der Waals surface area contributed by atoms with Crippen LogP contribution in [0.1, 0.15) is 39.2 Å². The fourth-order valence-corrected chi connectivity index (χ4v) is 3.18. The average Bonchev–Trinajstić information content (AvgIpc) is 3.46. The maximum Gasteiger partial charge on any atom is 0.392 e. The van der Waals surface area contributed by atoms with Gasteiger partial charge in [-0.05, 0) is 49.6 Å². The highest BCUT2D eigenvalue weighted by Crippen LogP contribution is 2.51. The minimum Gasteiger partial charge on any atom is -0.398 e. The molecule has 2 aromatic rings. The second-order valence-electron chi connectivity index (χ2n) is 7.04. The van der Waals surface area contributed by atoms with Gasteiger partial charge < -0.3 is 16.5 Å². The maximum atomic E-state index is 12.8. The summed E-state index contributed by atoms with van der Waals surface area (Å²) in [6.07, 6.45) is -3.16. The molecule has 3 rings (SSSR count). The zero-order chi connectivity index (χ0) is 21.5. The first-order valence-electron chi connectivity index (χ1n) is 8.77. The van der Waals surface area contributed by atoms with Gasteiger partial charge >= 0.3 is 6.18 Å². The number of amides is 1. The lowest BCUT2D eigenvalue weighted by Crippen LogP contribution is -2.18. The van der Waals surface area contributed by atoms with Crippen LogP contribution >= 0.6 is 0 Å². The predicted molar refractivity (Wildman–Crippen MR) is 102 cm³/mol. The number of anilines is 2. The molecule has 4 N–H and O–H groups in total. The lowest BCUT2D eigenvalue weighted by atomic mass is 10.0. The Hall–Kier alpha value is -3.41. The third-order valence-electron chi connectivity index (χ3n) is 5.16. The molecule has 29 heavy (non-hydrogen) atoms. The summed E-state index contributed by atoms with van der Waals surface area (Å²) in [5, 5.41) is 19.8. The number of nitriles is 1. The monoisotopic (exact) mass is 401 g/mol. The number of carbonyl (C=O) groups is 1. The van der Waals surface area contributed by atoms with Crippen molar-refractivity contribution in [2.45, 2.75) is 26.4 Å². The smallest absolute Gasteiger partial charge is 0.392 e. The summed E-state index contributed by atoms with van der Waals surface area (Å²) in [5.74, 6) is -2.98. The van der Waals surface area contributed by atoms with E-state index < -0.39 is 23.9 Å². The van der Waals surface area contributed by atoms with Gasteiger partial charge in [0.2, 0.25) is 0 Å². The lowest BCUT2D eigenvalue weighted by Gasteiger charge is -2.13. The topological polar surface area (TPSA) is 116 Å². The van der Waals surface area contributed by atoms with Gasteiger partial charge in [-0.3, -0.25) is 4.79 Å². The number of alkyl halides is 3. The SMILES string of the molecule is Cc1c(C#N)cnc(C(=O)Nc2ccc(N)c(C(=N)C3CC3C(F)(F)F)c2)c1C. The molecule has 0 saturated heterocycles. The standard InChI is InChI=1S/C20H18F3N5O/c1-9-10(2)18(27-8-11(9)7-24)19(29)28-12-3-4-16(25)14(5-12)17(26)13-6-15(13)20(21,22)23/h3-5,8,13,15,26H,6,25H2,1-2H3,(H,28,29). The molecular formula is C20H18F3N5O. The van der Waals surface area contributed by atoms with Crippen LogP contribution in [0.25, 0.3) is 0 Å². The number of nitrogen functional groups attached to an aromatic ring is 1. The molecule has 0 aliphatic heterocycles. The van der Waals surface area contributed by atoms with Gasteiger partial charge in [-0.15, -0.1) is 0 Å². The maximum absolute atomic E-state index is 12.8. The number of aromatic nitrogens is 1. The fraction of sp³-hybridized carbons (Fsp3) is 0.300. The Bertz CT molecular complexity index is 1060. The molecule has 6 nitrogen and oxygen atoms in total. The molecule has 1 aliphatic rings. The van der Waals surface area contributed by atoms with Crippen molar-refractivity contribution >= 4 is 23.0 Å². The summed E-state index contributed by atoms with van der Waals surface area (Å²) in [6, 6.07) is 6.34. The van der Waals surface area contributed by atoms with Crippen molar-refractivity contribution in [3.05, 3.63) is 52.3 Å². The number of pyridine rings is 1. The van der Waals surface area contributed by atoms with Crippen LogP contribution in [0, 0.1) is 42.4 Å². The molecule has 0 radical (unpaired) electrons. The zero-order valence-electron chi connectivity index (χ0n) is 15.7. The zero-order valence-corrected chi connectivity index (χ0v) is 15.7. The first kappa shape index (κ1) is 20.3. The Balaban J connectivity index is 1.82. The summed E-state index contributed by atoms with van der Waals surface area (Å²) in [5.41, 5.74) is 7.98. The third kappa shape index (κ3) is 3.92. The Morgan fingerprint density at radius 1 is 1.34 bits per heavy atom. The van der Waals surface area contributed by atoms with Crippen LogP contribution in [0.2, 0.25) is 0 Å². The lowest BCUT2D eigenvalue weighted by molar-refractivity contribution is -0.149. The minimum atomic E-state index is -4.34. The summed E-state index contributed by atoms with van der Waals surface area (Å²) < 4.78 is 38.5. The Morgan fingerprint density at radius 3 is 2.62 bits per heavy atom. The third-order valence-corrected chi connectivity index (χ3v) is 5.16. The second-order valence-corrected chi connectivity index (χ2v) is 7.04. The highest BCUT2D eigenvalue weighted by Gasteiger charge is 2.57. The first-order chi connectivity index (χ1) is 13.5. The van der Waals surface area contributed by atoms with Crippen LogP contribution in [0.15, 0.2) is 24.4 Å². The molecule has 1 saturated carbocycles. The van der Waals surface area contributed by atoms with E-state index in [9.17, 15) is 18.0 Å². The molecule has 150 valence electrons. The summed E-state index contributed by atoms with van der Waals surface area (Å²) in [7, 11) is 0. The van der Waals surface area contributed by atoms with Crippen molar-refractivity contribution < 1.29 is 18.0 Å². The van der Waals surface area contributed by atoms with E-state index >= 15 is 0 Å². The van der Waals surface area contributed by atoms with E-state index in [-0.39, 0.29) is 34.8 Å². The van der Waals surface area contributed by atoms with E-state index in [0.717, 1.165) is 0 Å². The van der Waals surface area contributed by atoms with E-state index in [1.807, 2.05) is 6.07 Å². The molecule has 9 heteroatoms. The van der Waals surface area contributed by atoms with E-state index in [1.54, 1.807) is 13.8 Å². The molecule has 1 aromatic carbocycles. The first-order valence-corrected chi connectivity index (χ1v) is 8.77. The molecule has 1 heterocycles. The number of halogens is 3. The van der Waals surface area contributed by atoms with Gasteiger partial charge in [-0.1, -0.05) is 0 Å². The van der Waals surface area contributed by atoms with E-state index in [4.69, 9.17) is 16.4 Å². The molecular weight excluding hydrogens is 383 g/mol. The average molecular weight is 401 g/mol. The molecule has 0 bridgehead atoms. The molecule has 1 aromatic heterocycles. The number of carbonyl (C=O) groups excluding carboxylic acids is 1. The van der Waals surface area contributed by atoms with Gasteiger partial charge in [0, 0.05) is 34.8 Å². The van der Waals surface area contributed by atoms with Crippen LogP contribution in [0.4, 0.5) is 24.5 Å². The Labute approximate surface area is 165 Å². The van der Waals surface area contributed by atoms with E-state index in [1.165, 1.54) is 24.4 Å².